The highest BCUT2D eigenvalue weighted by molar-refractivity contribution is 6.05. The Morgan fingerprint density at radius 2 is 2.17 bits per heavy atom. The summed E-state index contributed by atoms with van der Waals surface area (Å²) in [5.41, 5.74) is 1.74. The van der Waals surface area contributed by atoms with E-state index in [9.17, 15) is 4.79 Å². The number of benzene rings is 1. The molecule has 2 aromatic heterocycles. The van der Waals surface area contributed by atoms with Gasteiger partial charge in [-0.25, -0.2) is 9.78 Å². The number of furan rings is 1. The highest BCUT2D eigenvalue weighted by Crippen LogP contribution is 2.27. The van der Waals surface area contributed by atoms with Crippen molar-refractivity contribution in [3.63, 3.8) is 0 Å². The molecule has 0 amide bonds. The molecule has 0 fully saturated rings. The third kappa shape index (κ3) is 1.62. The number of nitrogens with zero attached hydrogens (tertiary/aromatic N) is 1. The van der Waals surface area contributed by atoms with Crippen LogP contribution in [0.5, 0.6) is 0 Å². The van der Waals surface area contributed by atoms with Gasteiger partial charge in [0.2, 0.25) is 5.71 Å². The van der Waals surface area contributed by atoms with E-state index < -0.39 is 0 Å². The van der Waals surface area contributed by atoms with Crippen LogP contribution in [0.4, 0.5) is 0 Å². The molecule has 0 N–H and O–H groups in total. The second-order valence-electron chi connectivity index (χ2n) is 3.90. The van der Waals surface area contributed by atoms with Gasteiger partial charge in [-0.1, -0.05) is 18.2 Å². The minimum atomic E-state index is -0.364. The van der Waals surface area contributed by atoms with Crippen LogP contribution >= 0.6 is 0 Å². The van der Waals surface area contributed by atoms with E-state index >= 15 is 0 Å². The minimum Gasteiger partial charge on any atom is -0.462 e. The first-order valence-corrected chi connectivity index (χ1v) is 5.74. The molecule has 0 saturated carbocycles. The zero-order valence-electron chi connectivity index (χ0n) is 9.84. The summed E-state index contributed by atoms with van der Waals surface area (Å²) in [6.45, 7) is 2.13. The zero-order valence-corrected chi connectivity index (χ0v) is 9.84. The number of hydrogen-bond donors (Lipinski definition) is 0. The van der Waals surface area contributed by atoms with Crippen LogP contribution in [-0.2, 0) is 4.74 Å². The molecule has 0 aliphatic carbocycles. The molecule has 90 valence electrons. The zero-order chi connectivity index (χ0) is 12.5. The second kappa shape index (κ2) is 4.14. The Labute approximate surface area is 103 Å². The molecule has 0 aliphatic rings. The number of para-hydroxylation sites is 1. The Hall–Kier alpha value is -2.36. The summed E-state index contributed by atoms with van der Waals surface area (Å²) in [6, 6.07) is 9.40. The molecule has 3 aromatic rings. The van der Waals surface area contributed by atoms with E-state index in [1.807, 2.05) is 24.3 Å². The van der Waals surface area contributed by atoms with E-state index in [0.29, 0.717) is 17.9 Å². The number of rotatable bonds is 2. The van der Waals surface area contributed by atoms with Crippen molar-refractivity contribution in [3.05, 3.63) is 42.1 Å². The molecule has 2 heterocycles. The fourth-order valence-electron chi connectivity index (χ4n) is 1.93. The lowest BCUT2D eigenvalue weighted by Crippen LogP contribution is -2.04. The van der Waals surface area contributed by atoms with Gasteiger partial charge in [0.15, 0.2) is 0 Å². The summed E-state index contributed by atoms with van der Waals surface area (Å²) in [5.74, 6) is -0.364. The van der Waals surface area contributed by atoms with Crippen LogP contribution in [0.1, 0.15) is 17.3 Å². The molecule has 4 heteroatoms. The Kier molecular flexibility index (Phi) is 2.48. The molecule has 0 bridgehead atoms. The van der Waals surface area contributed by atoms with E-state index in [0.717, 1.165) is 16.4 Å². The van der Waals surface area contributed by atoms with E-state index in [4.69, 9.17) is 9.15 Å². The van der Waals surface area contributed by atoms with Crippen LogP contribution in [0.2, 0.25) is 0 Å². The molecule has 0 atom stereocenters. The van der Waals surface area contributed by atoms with Crippen molar-refractivity contribution in [3.8, 4) is 0 Å². The van der Waals surface area contributed by atoms with Crippen molar-refractivity contribution in [2.45, 2.75) is 6.92 Å². The average molecular weight is 241 g/mol. The summed E-state index contributed by atoms with van der Waals surface area (Å²) in [6.07, 6.45) is 1.47. The van der Waals surface area contributed by atoms with Crippen molar-refractivity contribution in [1.82, 2.24) is 4.98 Å². The maximum Gasteiger partial charge on any atom is 0.339 e. The van der Waals surface area contributed by atoms with Gasteiger partial charge < -0.3 is 9.15 Å². The van der Waals surface area contributed by atoms with Gasteiger partial charge in [-0.3, -0.25) is 0 Å². The van der Waals surface area contributed by atoms with E-state index in [1.165, 1.54) is 6.20 Å². The lowest BCUT2D eigenvalue weighted by molar-refractivity contribution is 0.0526. The predicted molar refractivity (Wildman–Crippen MR) is 67.5 cm³/mol. The van der Waals surface area contributed by atoms with E-state index in [-0.39, 0.29) is 5.97 Å². The molecule has 0 spiro atoms. The first-order valence-electron chi connectivity index (χ1n) is 5.74. The standard InChI is InChI=1S/C14H11NO3/c1-2-17-14(16)9-7-11-10-5-3-4-6-12(10)18-13(11)15-8-9/h3-8H,2H2,1H3. The number of esters is 1. The maximum atomic E-state index is 11.7. The SMILES string of the molecule is CCOC(=O)c1cnc2oc3ccccc3c2c1. The molecule has 0 radical (unpaired) electrons. The molecule has 0 unspecified atom stereocenters. The van der Waals surface area contributed by atoms with Crippen molar-refractivity contribution < 1.29 is 13.9 Å². The first kappa shape index (κ1) is 10.8. The summed E-state index contributed by atoms with van der Waals surface area (Å²) in [7, 11) is 0. The number of ether oxygens (including phenoxy) is 1. The Morgan fingerprint density at radius 3 is 3.00 bits per heavy atom. The van der Waals surface area contributed by atoms with Gasteiger partial charge in [0, 0.05) is 17.0 Å². The summed E-state index contributed by atoms with van der Waals surface area (Å²) < 4.78 is 10.5. The highest BCUT2D eigenvalue weighted by atomic mass is 16.5. The van der Waals surface area contributed by atoms with Crippen LogP contribution in [0, 0.1) is 0 Å². The largest absolute Gasteiger partial charge is 0.462 e. The first-order chi connectivity index (χ1) is 8.79. The smallest absolute Gasteiger partial charge is 0.339 e. The second-order valence-corrected chi connectivity index (χ2v) is 3.90. The third-order valence-electron chi connectivity index (χ3n) is 2.75. The van der Waals surface area contributed by atoms with Gasteiger partial charge in [-0.2, -0.15) is 0 Å². The monoisotopic (exact) mass is 241 g/mol. The Balaban J connectivity index is 2.21. The molecule has 0 saturated heterocycles. The summed E-state index contributed by atoms with van der Waals surface area (Å²) >= 11 is 0. The van der Waals surface area contributed by atoms with Gasteiger partial charge in [0.1, 0.15) is 5.58 Å². The normalized spacial score (nSPS) is 10.9. The minimum absolute atomic E-state index is 0.350. The third-order valence-corrected chi connectivity index (χ3v) is 2.75. The van der Waals surface area contributed by atoms with Gasteiger partial charge in [0.05, 0.1) is 12.2 Å². The lowest BCUT2D eigenvalue weighted by Gasteiger charge is -2.00. The van der Waals surface area contributed by atoms with Crippen molar-refractivity contribution in [1.29, 1.82) is 0 Å². The highest BCUT2D eigenvalue weighted by Gasteiger charge is 2.12. The van der Waals surface area contributed by atoms with Gasteiger partial charge in [-0.05, 0) is 19.1 Å². The number of pyridine rings is 1. The quantitative estimate of drug-likeness (QED) is 0.647. The molecule has 4 nitrogen and oxygen atoms in total. The molecule has 18 heavy (non-hydrogen) atoms. The van der Waals surface area contributed by atoms with Crippen LogP contribution in [0.25, 0.3) is 22.1 Å². The number of hydrogen-bond acceptors (Lipinski definition) is 4. The van der Waals surface area contributed by atoms with Crippen molar-refractivity contribution >= 4 is 28.0 Å². The van der Waals surface area contributed by atoms with Gasteiger partial charge in [0.25, 0.3) is 0 Å². The van der Waals surface area contributed by atoms with Gasteiger partial charge >= 0.3 is 5.97 Å². The summed E-state index contributed by atoms with van der Waals surface area (Å²) in [4.78, 5) is 15.8. The van der Waals surface area contributed by atoms with E-state index in [1.54, 1.807) is 13.0 Å². The number of fused-ring (bicyclic) bond motifs is 3. The predicted octanol–water partition coefficient (Wildman–Crippen LogP) is 3.16. The molecule has 3 rings (SSSR count). The molecule has 1 aromatic carbocycles. The lowest BCUT2D eigenvalue weighted by atomic mass is 10.1. The van der Waals surface area contributed by atoms with Crippen LogP contribution in [0.3, 0.4) is 0 Å². The van der Waals surface area contributed by atoms with Gasteiger partial charge in [-0.15, -0.1) is 0 Å². The maximum absolute atomic E-state index is 11.7. The molecular weight excluding hydrogens is 230 g/mol. The van der Waals surface area contributed by atoms with E-state index in [2.05, 4.69) is 4.98 Å². The fourth-order valence-corrected chi connectivity index (χ4v) is 1.93. The summed E-state index contributed by atoms with van der Waals surface area (Å²) in [5, 5.41) is 1.78. The number of carbonyl (C=O) groups is 1. The Bertz CT molecular complexity index is 730. The van der Waals surface area contributed by atoms with Crippen LogP contribution in [-0.4, -0.2) is 17.6 Å². The van der Waals surface area contributed by atoms with Crippen LogP contribution in [0.15, 0.2) is 40.9 Å². The number of aromatic nitrogens is 1. The van der Waals surface area contributed by atoms with Crippen molar-refractivity contribution in [2.24, 2.45) is 0 Å². The number of carbonyl (C=O) groups excluding carboxylic acids is 1. The fraction of sp³-hybridized carbons (Fsp3) is 0.143. The average Bonchev–Trinajstić information content (AvgIpc) is 2.76. The topological polar surface area (TPSA) is 52.3 Å². The molecule has 0 aliphatic heterocycles. The Morgan fingerprint density at radius 1 is 1.33 bits per heavy atom. The molecular formula is C14H11NO3. The van der Waals surface area contributed by atoms with Crippen molar-refractivity contribution in [2.75, 3.05) is 6.61 Å². The van der Waals surface area contributed by atoms with Crippen LogP contribution < -0.4 is 0 Å².